The third kappa shape index (κ3) is 6.98. The second kappa shape index (κ2) is 11.9. The zero-order valence-electron chi connectivity index (χ0n) is 16.7. The standard InChI is InChI=1S/C21H27ClN4O.HI/c1-15(18-10-5-6-11-19(18)22)25-21(23-2)24-13-12-16-8-7-9-17(14-16)20(27)26(3)4;/h5-11,14-15H,12-13H2,1-4H3,(H2,23,24,25);1H. The summed E-state index contributed by atoms with van der Waals surface area (Å²) in [4.78, 5) is 17.9. The van der Waals surface area contributed by atoms with Gasteiger partial charge in [0.05, 0.1) is 6.04 Å². The van der Waals surface area contributed by atoms with Crippen LogP contribution >= 0.6 is 35.6 Å². The highest BCUT2D eigenvalue weighted by atomic mass is 127. The molecule has 7 heteroatoms. The quantitative estimate of drug-likeness (QED) is 0.346. The number of hydrogen-bond acceptors (Lipinski definition) is 2. The topological polar surface area (TPSA) is 56.7 Å². The summed E-state index contributed by atoms with van der Waals surface area (Å²) in [5, 5.41) is 7.39. The monoisotopic (exact) mass is 514 g/mol. The fourth-order valence-corrected chi connectivity index (χ4v) is 3.05. The van der Waals surface area contributed by atoms with Crippen LogP contribution in [0.5, 0.6) is 0 Å². The van der Waals surface area contributed by atoms with Gasteiger partial charge in [-0.15, -0.1) is 24.0 Å². The largest absolute Gasteiger partial charge is 0.356 e. The normalized spacial score (nSPS) is 12.0. The minimum atomic E-state index is 0. The third-order valence-corrected chi connectivity index (χ3v) is 4.58. The molecule has 0 aliphatic carbocycles. The first-order valence-corrected chi connectivity index (χ1v) is 9.32. The van der Waals surface area contributed by atoms with Gasteiger partial charge in [-0.3, -0.25) is 9.79 Å². The molecular weight excluding hydrogens is 487 g/mol. The number of aliphatic imine (C=N–C) groups is 1. The van der Waals surface area contributed by atoms with Gasteiger partial charge in [0, 0.05) is 38.3 Å². The molecule has 2 aromatic carbocycles. The van der Waals surface area contributed by atoms with E-state index in [0.717, 1.165) is 22.6 Å². The summed E-state index contributed by atoms with van der Waals surface area (Å²) in [7, 11) is 5.25. The van der Waals surface area contributed by atoms with Crippen molar-refractivity contribution in [1.82, 2.24) is 15.5 Å². The van der Waals surface area contributed by atoms with Crippen molar-refractivity contribution >= 4 is 47.4 Å². The van der Waals surface area contributed by atoms with E-state index in [1.165, 1.54) is 0 Å². The van der Waals surface area contributed by atoms with Gasteiger partial charge in [0.15, 0.2) is 5.96 Å². The summed E-state index contributed by atoms with van der Waals surface area (Å²) in [6.07, 6.45) is 0.787. The Bertz CT molecular complexity index is 810. The van der Waals surface area contributed by atoms with Crippen molar-refractivity contribution in [3.63, 3.8) is 0 Å². The van der Waals surface area contributed by atoms with E-state index in [1.54, 1.807) is 26.0 Å². The lowest BCUT2D eigenvalue weighted by Crippen LogP contribution is -2.39. The SMILES string of the molecule is CN=C(NCCc1cccc(C(=O)N(C)C)c1)NC(C)c1ccccc1Cl.I. The lowest BCUT2D eigenvalue weighted by atomic mass is 10.1. The highest BCUT2D eigenvalue weighted by molar-refractivity contribution is 14.0. The Hall–Kier alpha value is -1.80. The van der Waals surface area contributed by atoms with Crippen molar-refractivity contribution in [1.29, 1.82) is 0 Å². The molecule has 1 unspecified atom stereocenters. The van der Waals surface area contributed by atoms with Gasteiger partial charge in [-0.05, 0) is 42.7 Å². The van der Waals surface area contributed by atoms with Crippen molar-refractivity contribution in [2.24, 2.45) is 4.99 Å². The highest BCUT2D eigenvalue weighted by Gasteiger charge is 2.11. The molecular formula is C21H28ClIN4O. The number of carbonyl (C=O) groups excluding carboxylic acids is 1. The molecule has 0 saturated heterocycles. The molecule has 1 amide bonds. The van der Waals surface area contributed by atoms with Crippen LogP contribution < -0.4 is 10.6 Å². The molecule has 0 aromatic heterocycles. The van der Waals surface area contributed by atoms with Crippen molar-refractivity contribution in [3.8, 4) is 0 Å². The van der Waals surface area contributed by atoms with Crippen LogP contribution in [0.2, 0.25) is 5.02 Å². The molecule has 0 saturated carbocycles. The van der Waals surface area contributed by atoms with Gasteiger partial charge in [0.25, 0.3) is 5.91 Å². The molecule has 2 aromatic rings. The van der Waals surface area contributed by atoms with Crippen LogP contribution in [0.25, 0.3) is 0 Å². The van der Waals surface area contributed by atoms with E-state index in [4.69, 9.17) is 11.6 Å². The van der Waals surface area contributed by atoms with Gasteiger partial charge in [0.2, 0.25) is 0 Å². The van der Waals surface area contributed by atoms with Gasteiger partial charge in [-0.2, -0.15) is 0 Å². The second-order valence-corrected chi connectivity index (χ2v) is 6.94. The lowest BCUT2D eigenvalue weighted by molar-refractivity contribution is 0.0827. The number of benzene rings is 2. The Morgan fingerprint density at radius 1 is 1.18 bits per heavy atom. The Balaban J connectivity index is 0.00000392. The zero-order chi connectivity index (χ0) is 19.8. The van der Waals surface area contributed by atoms with Crippen LogP contribution in [0.15, 0.2) is 53.5 Å². The van der Waals surface area contributed by atoms with E-state index < -0.39 is 0 Å². The van der Waals surface area contributed by atoms with Gasteiger partial charge in [-0.25, -0.2) is 0 Å². The smallest absolute Gasteiger partial charge is 0.253 e. The fourth-order valence-electron chi connectivity index (χ4n) is 2.75. The molecule has 0 heterocycles. The van der Waals surface area contributed by atoms with E-state index in [1.807, 2.05) is 55.5 Å². The van der Waals surface area contributed by atoms with Crippen molar-refractivity contribution in [2.75, 3.05) is 27.7 Å². The highest BCUT2D eigenvalue weighted by Crippen LogP contribution is 2.21. The molecule has 1 atom stereocenters. The van der Waals surface area contributed by atoms with Gasteiger partial charge in [0.1, 0.15) is 0 Å². The maximum atomic E-state index is 12.1. The molecule has 0 spiro atoms. The number of nitrogens with zero attached hydrogens (tertiary/aromatic N) is 2. The molecule has 2 N–H and O–H groups in total. The predicted octanol–water partition coefficient (Wildman–Crippen LogP) is 4.13. The molecule has 0 radical (unpaired) electrons. The summed E-state index contributed by atoms with van der Waals surface area (Å²) in [6, 6.07) is 15.5. The Morgan fingerprint density at radius 3 is 2.54 bits per heavy atom. The first-order valence-electron chi connectivity index (χ1n) is 8.94. The molecule has 0 aliphatic rings. The van der Waals surface area contributed by atoms with Crippen molar-refractivity contribution in [3.05, 3.63) is 70.2 Å². The summed E-state index contributed by atoms with van der Waals surface area (Å²) < 4.78 is 0. The number of nitrogens with one attached hydrogen (secondary N) is 2. The number of halogens is 2. The van der Waals surface area contributed by atoms with Gasteiger partial charge in [-0.1, -0.05) is 41.9 Å². The average molecular weight is 515 g/mol. The zero-order valence-corrected chi connectivity index (χ0v) is 19.8. The lowest BCUT2D eigenvalue weighted by Gasteiger charge is -2.19. The van der Waals surface area contributed by atoms with Crippen molar-refractivity contribution < 1.29 is 4.79 Å². The van der Waals surface area contributed by atoms with Crippen LogP contribution in [0.3, 0.4) is 0 Å². The van der Waals surface area contributed by atoms with E-state index in [9.17, 15) is 4.79 Å². The van der Waals surface area contributed by atoms with E-state index in [0.29, 0.717) is 18.1 Å². The van der Waals surface area contributed by atoms with Crippen LogP contribution in [-0.4, -0.2) is 44.5 Å². The third-order valence-electron chi connectivity index (χ3n) is 4.23. The van der Waals surface area contributed by atoms with E-state index in [-0.39, 0.29) is 35.9 Å². The van der Waals surface area contributed by atoms with E-state index >= 15 is 0 Å². The number of rotatable bonds is 6. The number of carbonyl (C=O) groups is 1. The summed E-state index contributed by atoms with van der Waals surface area (Å²) in [6.45, 7) is 2.75. The fraction of sp³-hybridized carbons (Fsp3) is 0.333. The average Bonchev–Trinajstić information content (AvgIpc) is 2.67. The number of amides is 1. The minimum absolute atomic E-state index is 0. The molecule has 0 bridgehead atoms. The molecule has 0 fully saturated rings. The summed E-state index contributed by atoms with van der Waals surface area (Å²) in [5.41, 5.74) is 2.83. The molecule has 5 nitrogen and oxygen atoms in total. The van der Waals surface area contributed by atoms with Crippen LogP contribution in [0.4, 0.5) is 0 Å². The number of guanidine groups is 1. The first-order chi connectivity index (χ1) is 12.9. The molecule has 152 valence electrons. The van der Waals surface area contributed by atoms with Crippen LogP contribution in [-0.2, 0) is 6.42 Å². The first kappa shape index (κ1) is 24.2. The number of hydrogen-bond donors (Lipinski definition) is 2. The summed E-state index contributed by atoms with van der Waals surface area (Å²) >= 11 is 6.26. The Labute approximate surface area is 189 Å². The summed E-state index contributed by atoms with van der Waals surface area (Å²) in [5.74, 6) is 0.721. The van der Waals surface area contributed by atoms with Gasteiger partial charge >= 0.3 is 0 Å². The van der Waals surface area contributed by atoms with E-state index in [2.05, 4.69) is 15.6 Å². The van der Waals surface area contributed by atoms with Crippen molar-refractivity contribution in [2.45, 2.75) is 19.4 Å². The Morgan fingerprint density at radius 2 is 1.89 bits per heavy atom. The predicted molar refractivity (Wildman–Crippen MR) is 128 cm³/mol. The second-order valence-electron chi connectivity index (χ2n) is 6.54. The Kier molecular flexibility index (Phi) is 10.3. The maximum absolute atomic E-state index is 12.1. The minimum Gasteiger partial charge on any atom is -0.356 e. The van der Waals surface area contributed by atoms with Crippen LogP contribution in [0.1, 0.15) is 34.5 Å². The molecule has 28 heavy (non-hydrogen) atoms. The van der Waals surface area contributed by atoms with Gasteiger partial charge < -0.3 is 15.5 Å². The maximum Gasteiger partial charge on any atom is 0.253 e. The molecule has 0 aliphatic heterocycles. The van der Waals surface area contributed by atoms with Crippen LogP contribution in [0, 0.1) is 0 Å². The molecule has 2 rings (SSSR count).